The number of ether oxygens (including phenoxy) is 1. The summed E-state index contributed by atoms with van der Waals surface area (Å²) in [5, 5.41) is 9.15. The van der Waals surface area contributed by atoms with Crippen LogP contribution in [0.2, 0.25) is 0 Å². The summed E-state index contributed by atoms with van der Waals surface area (Å²) in [6.07, 6.45) is 11.1. The molecule has 0 saturated carbocycles. The van der Waals surface area contributed by atoms with Crippen molar-refractivity contribution in [1.82, 2.24) is 37.5 Å². The van der Waals surface area contributed by atoms with E-state index in [1.165, 1.54) is 26.2 Å². The lowest BCUT2D eigenvalue weighted by atomic mass is 10.1. The van der Waals surface area contributed by atoms with Crippen LogP contribution in [0.15, 0.2) is 152 Å². The molecule has 0 atom stereocenters. The number of carbonyl (C=O) groups is 2. The third kappa shape index (κ3) is 8.36. The van der Waals surface area contributed by atoms with E-state index in [-0.39, 0.29) is 12.6 Å². The Morgan fingerprint density at radius 3 is 1.53 bits per heavy atom. The minimum Gasteiger partial charge on any atom is -0.461 e. The monoisotopic (exact) mass is 944 g/mol. The van der Waals surface area contributed by atoms with Gasteiger partial charge in [-0.3, -0.25) is 22.4 Å². The second-order valence-electron chi connectivity index (χ2n) is 14.9. The van der Waals surface area contributed by atoms with E-state index in [1.807, 2.05) is 86.1 Å². The number of esters is 1. The molecule has 0 unspecified atom stereocenters. The van der Waals surface area contributed by atoms with Crippen LogP contribution in [0.3, 0.4) is 0 Å². The van der Waals surface area contributed by atoms with Crippen LogP contribution in [0.1, 0.15) is 51.3 Å². The fourth-order valence-electron chi connectivity index (χ4n) is 7.84. The number of thiazole rings is 4. The first-order chi connectivity index (χ1) is 32.5. The summed E-state index contributed by atoms with van der Waals surface area (Å²) >= 11 is 6.56. The second kappa shape index (κ2) is 19.2. The minimum atomic E-state index is -0.330. The highest BCUT2D eigenvalue weighted by molar-refractivity contribution is 7.24. The van der Waals surface area contributed by atoms with E-state index in [0.717, 1.165) is 77.0 Å². The van der Waals surface area contributed by atoms with Crippen LogP contribution < -0.4 is 0 Å². The number of fused-ring (bicyclic) bond motifs is 12. The van der Waals surface area contributed by atoms with Crippen molar-refractivity contribution in [2.75, 3.05) is 6.61 Å². The van der Waals surface area contributed by atoms with Crippen molar-refractivity contribution in [3.8, 4) is 0 Å². The summed E-state index contributed by atoms with van der Waals surface area (Å²) in [4.78, 5) is 43.5. The topological polar surface area (TPSA) is 133 Å². The molecule has 8 heterocycles. The zero-order valence-corrected chi connectivity index (χ0v) is 38.7. The molecular formula is C50H40N8O4S4. The van der Waals surface area contributed by atoms with Crippen molar-refractivity contribution < 1.29 is 19.4 Å². The molecule has 1 N–H and O–H groups in total. The first kappa shape index (κ1) is 42.8. The van der Waals surface area contributed by atoms with Crippen LogP contribution in [-0.2, 0) is 24.2 Å². The molecule has 0 aliphatic heterocycles. The van der Waals surface area contributed by atoms with E-state index in [1.54, 1.807) is 70.9 Å². The first-order valence-corrected chi connectivity index (χ1v) is 24.4. The van der Waals surface area contributed by atoms with Gasteiger partial charge in [-0.15, -0.1) is 0 Å². The van der Waals surface area contributed by atoms with Gasteiger partial charge in [0.15, 0.2) is 31.8 Å². The summed E-state index contributed by atoms with van der Waals surface area (Å²) < 4.78 is 17.8. The molecular weight excluding hydrogens is 905 g/mol. The van der Waals surface area contributed by atoms with Crippen LogP contribution in [0, 0.1) is 0 Å². The smallest absolute Gasteiger partial charge is 0.357 e. The van der Waals surface area contributed by atoms with Gasteiger partial charge in [-0.25, -0.2) is 24.7 Å². The Bertz CT molecular complexity index is 3780. The zero-order valence-electron chi connectivity index (χ0n) is 35.4. The quantitative estimate of drug-likeness (QED) is 0.118. The summed E-state index contributed by atoms with van der Waals surface area (Å²) in [6, 6.07) is 43.2. The van der Waals surface area contributed by atoms with Gasteiger partial charge in [-0.2, -0.15) is 0 Å². The predicted octanol–water partition coefficient (Wildman–Crippen LogP) is 11.9. The average molecular weight is 945 g/mol. The van der Waals surface area contributed by atoms with Crippen molar-refractivity contribution >= 4 is 118 Å². The highest BCUT2D eigenvalue weighted by Crippen LogP contribution is 2.30. The average Bonchev–Trinajstić information content (AvgIpc) is 4.23. The highest BCUT2D eigenvalue weighted by atomic mass is 32.1. The van der Waals surface area contributed by atoms with E-state index in [0.29, 0.717) is 18.0 Å². The van der Waals surface area contributed by atoms with Crippen LogP contribution >= 0.6 is 45.3 Å². The molecule has 13 rings (SSSR count). The van der Waals surface area contributed by atoms with E-state index >= 15 is 0 Å². The molecule has 0 aliphatic rings. The molecule has 0 saturated heterocycles. The standard InChI is InChI=1S/C18H16N2S.C12H10N2O2S.C10H8N2OS.C10H6N2OS/c1-2-7-14(8-3-1)9-6-10-15-13-19-18-20(15)16-11-4-5-12-17(16)21-18;1-2-16-11(15)9-7-13-12-14(9)8-5-3-4-6-10(8)17-12;2*13-6-7-5-11-10-12(7)8-3-1-2-4-9(8)14-10/h1-5,7-8,11-13H,6,9-10H2;3-7H,2H2,1H3;1-5,13H,6H2;1-6H. The number of aromatic nitrogens is 8. The first-order valence-electron chi connectivity index (χ1n) is 21.2. The SMILES string of the molecule is CCOC(=O)c1cnc2sc3ccccc3n12.O=Cc1cnc2sc3ccccc3n12.OCc1cnc2sc3ccccc3n12.c1ccc(CCCc2cnc3sc4ccccc4n23)cc1. The number of aldehydes is 1. The van der Waals surface area contributed by atoms with Gasteiger partial charge in [-0.1, -0.05) is 124 Å². The van der Waals surface area contributed by atoms with Crippen molar-refractivity contribution in [1.29, 1.82) is 0 Å². The van der Waals surface area contributed by atoms with Crippen LogP contribution in [0.5, 0.6) is 0 Å². The Kier molecular flexibility index (Phi) is 12.5. The number of aliphatic hydroxyl groups excluding tert-OH is 1. The summed E-state index contributed by atoms with van der Waals surface area (Å²) in [5.74, 6) is -0.330. The maximum absolute atomic E-state index is 11.8. The van der Waals surface area contributed by atoms with Crippen molar-refractivity contribution in [2.45, 2.75) is 32.8 Å². The lowest BCUT2D eigenvalue weighted by molar-refractivity contribution is 0.0518. The molecule has 328 valence electrons. The lowest BCUT2D eigenvalue weighted by Gasteiger charge is -2.02. The number of para-hydroxylation sites is 4. The Hall–Kier alpha value is -7.08. The predicted molar refractivity (Wildman–Crippen MR) is 268 cm³/mol. The summed E-state index contributed by atoms with van der Waals surface area (Å²) in [6.45, 7) is 2.19. The number of benzene rings is 5. The largest absolute Gasteiger partial charge is 0.461 e. The molecule has 0 radical (unpaired) electrons. The molecule has 13 aromatic rings. The Labute approximate surface area is 392 Å². The Balaban J connectivity index is 0.000000105. The van der Waals surface area contributed by atoms with Gasteiger partial charge in [-0.05, 0) is 80.3 Å². The molecule has 0 amide bonds. The van der Waals surface area contributed by atoms with E-state index in [2.05, 4.69) is 85.0 Å². The number of hydrogen-bond donors (Lipinski definition) is 1. The normalized spacial score (nSPS) is 11.3. The van der Waals surface area contributed by atoms with E-state index in [4.69, 9.17) is 9.84 Å². The van der Waals surface area contributed by atoms with Gasteiger partial charge < -0.3 is 9.84 Å². The van der Waals surface area contributed by atoms with Crippen molar-refractivity contribution in [3.05, 3.63) is 181 Å². The van der Waals surface area contributed by atoms with Gasteiger partial charge >= 0.3 is 5.97 Å². The Morgan fingerprint density at radius 2 is 0.985 bits per heavy atom. The molecule has 5 aromatic carbocycles. The molecule has 0 fully saturated rings. The number of imidazole rings is 4. The maximum atomic E-state index is 11.8. The fraction of sp³-hybridized carbons (Fsp3) is 0.120. The molecule has 66 heavy (non-hydrogen) atoms. The van der Waals surface area contributed by atoms with E-state index in [9.17, 15) is 9.59 Å². The third-order valence-corrected chi connectivity index (χ3v) is 15.0. The number of carbonyl (C=O) groups excluding carboxylic acids is 2. The third-order valence-electron chi connectivity index (χ3n) is 10.8. The molecule has 16 heteroatoms. The van der Waals surface area contributed by atoms with Crippen molar-refractivity contribution in [3.63, 3.8) is 0 Å². The van der Waals surface area contributed by atoms with Crippen LogP contribution in [0.4, 0.5) is 0 Å². The number of rotatable bonds is 8. The van der Waals surface area contributed by atoms with Crippen LogP contribution in [-0.4, -0.2) is 61.5 Å². The molecule has 12 nitrogen and oxygen atoms in total. The van der Waals surface area contributed by atoms with Gasteiger partial charge in [0.1, 0.15) is 5.69 Å². The summed E-state index contributed by atoms with van der Waals surface area (Å²) in [5.41, 5.74) is 9.11. The van der Waals surface area contributed by atoms with Gasteiger partial charge in [0.25, 0.3) is 0 Å². The number of hydrogen-bond acceptors (Lipinski definition) is 12. The maximum Gasteiger partial charge on any atom is 0.357 e. The lowest BCUT2D eigenvalue weighted by Crippen LogP contribution is -2.07. The van der Waals surface area contributed by atoms with Gasteiger partial charge in [0, 0.05) is 5.69 Å². The number of nitrogens with zero attached hydrogens (tertiary/aromatic N) is 8. The Morgan fingerprint density at radius 1 is 0.545 bits per heavy atom. The van der Waals surface area contributed by atoms with Crippen molar-refractivity contribution in [2.24, 2.45) is 0 Å². The number of aliphatic hydroxyl groups is 1. The minimum absolute atomic E-state index is 0.0297. The van der Waals surface area contributed by atoms with Crippen LogP contribution in [0.25, 0.3) is 60.7 Å². The molecule has 0 spiro atoms. The summed E-state index contributed by atoms with van der Waals surface area (Å²) in [7, 11) is 0. The molecule has 0 aliphatic carbocycles. The zero-order chi connectivity index (χ0) is 45.0. The highest BCUT2D eigenvalue weighted by Gasteiger charge is 2.17. The second-order valence-corrected chi connectivity index (χ2v) is 18.9. The van der Waals surface area contributed by atoms with E-state index < -0.39 is 0 Å². The molecule has 0 bridgehead atoms. The van der Waals surface area contributed by atoms with Gasteiger partial charge in [0.2, 0.25) is 0 Å². The molecule has 8 aromatic heterocycles. The number of aryl methyl sites for hydroxylation is 2. The van der Waals surface area contributed by atoms with Gasteiger partial charge in [0.05, 0.1) is 84.6 Å². The fourth-order valence-corrected chi connectivity index (χ4v) is 11.9.